The Morgan fingerprint density at radius 2 is 1.81 bits per heavy atom. The molecular weight excluding hydrogens is 324 g/mol. The van der Waals surface area contributed by atoms with Gasteiger partial charge < -0.3 is 15.6 Å². The first-order valence-corrected chi connectivity index (χ1v) is 8.86. The number of rotatable bonds is 3. The van der Waals surface area contributed by atoms with Crippen molar-refractivity contribution in [1.29, 1.82) is 0 Å². The van der Waals surface area contributed by atoms with Crippen LogP contribution in [0.25, 0.3) is 0 Å². The molecular formula is C15H21ClN2OS2. The van der Waals surface area contributed by atoms with Gasteiger partial charge in [-0.1, -0.05) is 12.1 Å². The van der Waals surface area contributed by atoms with E-state index in [0.29, 0.717) is 0 Å². The molecule has 0 spiro atoms. The molecule has 0 aliphatic rings. The highest BCUT2D eigenvalue weighted by atomic mass is 35.5. The predicted octanol–water partition coefficient (Wildman–Crippen LogP) is 3.88. The number of anilines is 2. The molecule has 0 saturated heterocycles. The highest BCUT2D eigenvalue weighted by Crippen LogP contribution is 2.16. The topological polar surface area (TPSA) is 61.1 Å². The zero-order valence-corrected chi connectivity index (χ0v) is 14.8. The summed E-state index contributed by atoms with van der Waals surface area (Å²) >= 11 is 0.822. The molecule has 6 heteroatoms. The Bertz CT molecular complexity index is 539. The second kappa shape index (κ2) is 10.7. The second-order valence-corrected chi connectivity index (χ2v) is 6.27. The fraction of sp³-hybridized carbons (Fsp3) is 0.200. The molecule has 3 nitrogen and oxygen atoms in total. The molecule has 1 unspecified atom stereocenters. The SMILES string of the molecule is CNc1cccc([S+](C)[O-])c1.CSc1cccc(N)c1.Cl. The number of nitrogens with two attached hydrogens (primary N) is 1. The van der Waals surface area contributed by atoms with E-state index in [2.05, 4.69) is 5.32 Å². The average Bonchev–Trinajstić information content (AvgIpc) is 2.48. The van der Waals surface area contributed by atoms with Gasteiger partial charge in [-0.15, -0.1) is 24.2 Å². The van der Waals surface area contributed by atoms with Gasteiger partial charge in [0.05, 0.1) is 0 Å². The molecule has 0 bridgehead atoms. The Kier molecular flexibility index (Phi) is 10.2. The van der Waals surface area contributed by atoms with Gasteiger partial charge >= 0.3 is 0 Å². The van der Waals surface area contributed by atoms with Crippen molar-refractivity contribution < 1.29 is 4.55 Å². The lowest BCUT2D eigenvalue weighted by Gasteiger charge is -2.05. The van der Waals surface area contributed by atoms with E-state index in [1.807, 2.05) is 61.8 Å². The van der Waals surface area contributed by atoms with Crippen LogP contribution in [-0.2, 0) is 11.2 Å². The lowest BCUT2D eigenvalue weighted by molar-refractivity contribution is 0.601. The van der Waals surface area contributed by atoms with Crippen molar-refractivity contribution in [3.05, 3.63) is 48.5 Å². The van der Waals surface area contributed by atoms with Gasteiger partial charge in [-0.05, 0) is 47.8 Å². The first-order valence-electron chi connectivity index (χ1n) is 6.07. The summed E-state index contributed by atoms with van der Waals surface area (Å²) in [6.45, 7) is 0. The van der Waals surface area contributed by atoms with Crippen LogP contribution in [0.3, 0.4) is 0 Å². The maximum Gasteiger partial charge on any atom is 0.154 e. The maximum atomic E-state index is 11.0. The van der Waals surface area contributed by atoms with Crippen molar-refractivity contribution in [2.75, 3.05) is 30.6 Å². The fourth-order valence-corrected chi connectivity index (χ4v) is 2.50. The summed E-state index contributed by atoms with van der Waals surface area (Å²) < 4.78 is 11.0. The summed E-state index contributed by atoms with van der Waals surface area (Å²) in [6, 6.07) is 15.4. The van der Waals surface area contributed by atoms with Gasteiger partial charge in [0.25, 0.3) is 0 Å². The number of hydrogen-bond donors (Lipinski definition) is 2. The van der Waals surface area contributed by atoms with Crippen LogP contribution < -0.4 is 11.1 Å². The van der Waals surface area contributed by atoms with Gasteiger partial charge in [-0.2, -0.15) is 0 Å². The quantitative estimate of drug-likeness (QED) is 0.504. The Morgan fingerprint density at radius 1 is 1.14 bits per heavy atom. The Morgan fingerprint density at radius 3 is 2.29 bits per heavy atom. The van der Waals surface area contributed by atoms with E-state index in [1.165, 1.54) is 4.90 Å². The Labute approximate surface area is 140 Å². The fourth-order valence-electron chi connectivity index (χ4n) is 1.47. The van der Waals surface area contributed by atoms with E-state index in [-0.39, 0.29) is 12.4 Å². The molecule has 0 aromatic heterocycles. The van der Waals surface area contributed by atoms with Crippen molar-refractivity contribution in [3.63, 3.8) is 0 Å². The molecule has 2 rings (SSSR count). The van der Waals surface area contributed by atoms with Crippen molar-refractivity contribution in [3.8, 4) is 0 Å². The van der Waals surface area contributed by atoms with Crippen LogP contribution in [0.5, 0.6) is 0 Å². The zero-order chi connectivity index (χ0) is 15.0. The smallest absolute Gasteiger partial charge is 0.154 e. The van der Waals surface area contributed by atoms with Crippen LogP contribution in [0.4, 0.5) is 11.4 Å². The highest BCUT2D eigenvalue weighted by Gasteiger charge is 2.02. The zero-order valence-electron chi connectivity index (χ0n) is 12.3. The number of nitrogen functional groups attached to an aromatic ring is 1. The van der Waals surface area contributed by atoms with Crippen LogP contribution in [0.2, 0.25) is 0 Å². The second-order valence-electron chi connectivity index (χ2n) is 4.01. The summed E-state index contributed by atoms with van der Waals surface area (Å²) in [5.74, 6) is 0. The normalized spacial score (nSPS) is 10.7. The standard InChI is InChI=1S/C8H11NOS.C7H9NS.ClH/c1-9-7-4-3-5-8(6-7)11(2)10;1-9-7-4-2-3-6(8)5-7;/h3-6,9H,1-2H3;2-5H,8H2,1H3;1H. The number of benzene rings is 2. The molecule has 0 radical (unpaired) electrons. The van der Waals surface area contributed by atoms with Gasteiger partial charge in [0, 0.05) is 29.4 Å². The number of halogens is 1. The summed E-state index contributed by atoms with van der Waals surface area (Å²) in [4.78, 5) is 2.08. The number of nitrogens with one attached hydrogen (secondary N) is 1. The van der Waals surface area contributed by atoms with Gasteiger partial charge in [0.1, 0.15) is 6.26 Å². The Balaban J connectivity index is 0.000000370. The van der Waals surface area contributed by atoms with Gasteiger partial charge in [-0.25, -0.2) is 0 Å². The van der Waals surface area contributed by atoms with E-state index < -0.39 is 11.2 Å². The maximum absolute atomic E-state index is 11.0. The van der Waals surface area contributed by atoms with E-state index in [0.717, 1.165) is 16.3 Å². The molecule has 0 heterocycles. The van der Waals surface area contributed by atoms with Gasteiger partial charge in [-0.3, -0.25) is 0 Å². The molecule has 116 valence electrons. The predicted molar refractivity (Wildman–Crippen MR) is 98.2 cm³/mol. The van der Waals surface area contributed by atoms with Crippen molar-refractivity contribution >= 4 is 46.7 Å². The third-order valence-electron chi connectivity index (χ3n) is 2.55. The number of hydrogen-bond acceptors (Lipinski definition) is 4. The first kappa shape index (κ1) is 20.0. The third-order valence-corrected chi connectivity index (χ3v) is 4.19. The molecule has 0 saturated carbocycles. The van der Waals surface area contributed by atoms with Crippen LogP contribution in [0, 0.1) is 0 Å². The minimum Gasteiger partial charge on any atom is -0.612 e. The van der Waals surface area contributed by atoms with Crippen LogP contribution >= 0.6 is 24.2 Å². The molecule has 1 atom stereocenters. The van der Waals surface area contributed by atoms with Crippen molar-refractivity contribution in [2.24, 2.45) is 0 Å². The lowest BCUT2D eigenvalue weighted by atomic mass is 10.3. The monoisotopic (exact) mass is 344 g/mol. The lowest BCUT2D eigenvalue weighted by Crippen LogP contribution is -1.97. The molecule has 0 aliphatic carbocycles. The Hall–Kier alpha value is -1.01. The summed E-state index contributed by atoms with van der Waals surface area (Å²) in [6.07, 6.45) is 3.71. The molecule has 0 aliphatic heterocycles. The van der Waals surface area contributed by atoms with Crippen LogP contribution in [-0.4, -0.2) is 24.1 Å². The molecule has 3 N–H and O–H groups in total. The number of thioether (sulfide) groups is 1. The first-order chi connectivity index (χ1) is 9.56. The van der Waals surface area contributed by atoms with E-state index in [9.17, 15) is 4.55 Å². The molecule has 0 amide bonds. The minimum atomic E-state index is -0.881. The third kappa shape index (κ3) is 7.52. The highest BCUT2D eigenvalue weighted by molar-refractivity contribution is 7.98. The van der Waals surface area contributed by atoms with E-state index in [1.54, 1.807) is 18.0 Å². The van der Waals surface area contributed by atoms with Crippen molar-refractivity contribution in [1.82, 2.24) is 0 Å². The van der Waals surface area contributed by atoms with Gasteiger partial charge in [0.15, 0.2) is 4.90 Å². The molecule has 2 aromatic rings. The molecule has 21 heavy (non-hydrogen) atoms. The van der Waals surface area contributed by atoms with Crippen LogP contribution in [0.1, 0.15) is 0 Å². The van der Waals surface area contributed by atoms with E-state index >= 15 is 0 Å². The summed E-state index contributed by atoms with van der Waals surface area (Å²) in [5.41, 5.74) is 7.35. The molecule has 0 fully saturated rings. The summed E-state index contributed by atoms with van der Waals surface area (Å²) in [5, 5.41) is 2.99. The summed E-state index contributed by atoms with van der Waals surface area (Å²) in [7, 11) is 1.84. The molecule has 2 aromatic carbocycles. The average molecular weight is 345 g/mol. The largest absolute Gasteiger partial charge is 0.612 e. The van der Waals surface area contributed by atoms with Crippen molar-refractivity contribution in [2.45, 2.75) is 9.79 Å². The van der Waals surface area contributed by atoms with Gasteiger partial charge in [0.2, 0.25) is 0 Å². The van der Waals surface area contributed by atoms with E-state index in [4.69, 9.17) is 5.73 Å². The minimum absolute atomic E-state index is 0. The van der Waals surface area contributed by atoms with Crippen LogP contribution in [0.15, 0.2) is 58.3 Å².